The van der Waals surface area contributed by atoms with E-state index in [4.69, 9.17) is 5.11 Å². The Kier molecular flexibility index (Phi) is 4.15. The van der Waals surface area contributed by atoms with Crippen molar-refractivity contribution in [2.24, 2.45) is 5.92 Å². The van der Waals surface area contributed by atoms with Gasteiger partial charge in [0.05, 0.1) is 0 Å². The minimum Gasteiger partial charge on any atom is -0.396 e. The van der Waals surface area contributed by atoms with Gasteiger partial charge in [0.2, 0.25) is 0 Å². The van der Waals surface area contributed by atoms with E-state index in [1.165, 1.54) is 18.2 Å². The van der Waals surface area contributed by atoms with E-state index < -0.39 is 0 Å². The van der Waals surface area contributed by atoms with Gasteiger partial charge in [0.25, 0.3) is 0 Å². The molecule has 98 valence electrons. The van der Waals surface area contributed by atoms with Crippen LogP contribution < -0.4 is 10.6 Å². The Morgan fingerprint density at radius 3 is 2.89 bits per heavy atom. The van der Waals surface area contributed by atoms with E-state index >= 15 is 0 Å². The Hall–Kier alpha value is -1.62. The van der Waals surface area contributed by atoms with Crippen LogP contribution in [0.3, 0.4) is 0 Å². The smallest absolute Gasteiger partial charge is 0.319 e. The third-order valence-corrected chi connectivity index (χ3v) is 3.03. The SMILES string of the molecule is O=C(Nc1cccc(F)c1)NC(CCO)C1CC1. The molecule has 1 unspecified atom stereocenters. The Bertz CT molecular complexity index is 421. The van der Waals surface area contributed by atoms with Crippen LogP contribution >= 0.6 is 0 Å². The van der Waals surface area contributed by atoms with Crippen LogP contribution in [0.2, 0.25) is 0 Å². The molecular weight excluding hydrogens is 235 g/mol. The lowest BCUT2D eigenvalue weighted by atomic mass is 10.1. The molecule has 0 radical (unpaired) electrons. The van der Waals surface area contributed by atoms with Gasteiger partial charge in [-0.3, -0.25) is 0 Å². The number of aliphatic hydroxyl groups excluding tert-OH is 1. The Morgan fingerprint density at radius 2 is 2.28 bits per heavy atom. The van der Waals surface area contributed by atoms with Crippen molar-refractivity contribution in [3.05, 3.63) is 30.1 Å². The van der Waals surface area contributed by atoms with Gasteiger partial charge in [0.1, 0.15) is 5.82 Å². The molecule has 1 atom stereocenters. The second-order valence-electron chi connectivity index (χ2n) is 4.57. The molecule has 1 fully saturated rings. The summed E-state index contributed by atoms with van der Waals surface area (Å²) in [5, 5.41) is 14.3. The number of carbonyl (C=O) groups excluding carboxylic acids is 1. The van der Waals surface area contributed by atoms with Gasteiger partial charge in [-0.1, -0.05) is 6.07 Å². The highest BCUT2D eigenvalue weighted by molar-refractivity contribution is 5.89. The van der Waals surface area contributed by atoms with Crippen LogP contribution in [-0.2, 0) is 0 Å². The summed E-state index contributed by atoms with van der Waals surface area (Å²) < 4.78 is 12.9. The molecule has 3 N–H and O–H groups in total. The predicted molar refractivity (Wildman–Crippen MR) is 66.8 cm³/mol. The number of hydrogen-bond acceptors (Lipinski definition) is 2. The molecule has 4 nitrogen and oxygen atoms in total. The lowest BCUT2D eigenvalue weighted by Crippen LogP contribution is -2.39. The Balaban J connectivity index is 1.87. The number of carbonyl (C=O) groups is 1. The number of amides is 2. The number of urea groups is 1. The standard InChI is InChI=1S/C13H17FN2O2/c14-10-2-1-3-11(8-10)15-13(18)16-12(6-7-17)9-4-5-9/h1-3,8-9,12,17H,4-7H2,(H2,15,16,18). The second kappa shape index (κ2) is 5.82. The molecule has 0 bridgehead atoms. The van der Waals surface area contributed by atoms with Crippen molar-refractivity contribution in [1.29, 1.82) is 0 Å². The van der Waals surface area contributed by atoms with Crippen molar-refractivity contribution in [1.82, 2.24) is 5.32 Å². The van der Waals surface area contributed by atoms with Crippen LogP contribution in [0, 0.1) is 11.7 Å². The maximum atomic E-state index is 12.9. The first-order chi connectivity index (χ1) is 8.69. The number of nitrogens with one attached hydrogen (secondary N) is 2. The fraction of sp³-hybridized carbons (Fsp3) is 0.462. The summed E-state index contributed by atoms with van der Waals surface area (Å²) >= 11 is 0. The molecule has 1 aliphatic carbocycles. The minimum atomic E-state index is -0.387. The molecule has 2 rings (SSSR count). The zero-order valence-electron chi connectivity index (χ0n) is 10.0. The first-order valence-corrected chi connectivity index (χ1v) is 6.13. The van der Waals surface area contributed by atoms with E-state index in [2.05, 4.69) is 10.6 Å². The van der Waals surface area contributed by atoms with Crippen LogP contribution in [0.1, 0.15) is 19.3 Å². The molecule has 1 aromatic carbocycles. The molecular formula is C13H17FN2O2. The molecule has 0 aromatic heterocycles. The van der Waals surface area contributed by atoms with Crippen LogP contribution in [0.25, 0.3) is 0 Å². The van der Waals surface area contributed by atoms with Crippen molar-refractivity contribution >= 4 is 11.7 Å². The predicted octanol–water partition coefficient (Wildman–Crippen LogP) is 2.11. The van der Waals surface area contributed by atoms with E-state index in [0.29, 0.717) is 18.0 Å². The number of anilines is 1. The van der Waals surface area contributed by atoms with E-state index in [0.717, 1.165) is 12.8 Å². The topological polar surface area (TPSA) is 61.4 Å². The molecule has 0 spiro atoms. The van der Waals surface area contributed by atoms with Gasteiger partial charge in [-0.25, -0.2) is 9.18 Å². The summed E-state index contributed by atoms with van der Waals surface area (Å²) in [4.78, 5) is 11.7. The lowest BCUT2D eigenvalue weighted by Gasteiger charge is -2.17. The second-order valence-corrected chi connectivity index (χ2v) is 4.57. The molecule has 18 heavy (non-hydrogen) atoms. The van der Waals surface area contributed by atoms with Crippen molar-refractivity contribution in [3.8, 4) is 0 Å². The molecule has 2 amide bonds. The summed E-state index contributed by atoms with van der Waals surface area (Å²) in [6.07, 6.45) is 2.73. The van der Waals surface area contributed by atoms with Crippen molar-refractivity contribution in [2.45, 2.75) is 25.3 Å². The van der Waals surface area contributed by atoms with Gasteiger partial charge in [-0.05, 0) is 43.4 Å². The summed E-state index contributed by atoms with van der Waals surface area (Å²) in [6.45, 7) is 0.0570. The summed E-state index contributed by atoms with van der Waals surface area (Å²) in [5.74, 6) is 0.0808. The summed E-state index contributed by atoms with van der Waals surface area (Å²) in [7, 11) is 0. The van der Waals surface area contributed by atoms with E-state index in [-0.39, 0.29) is 24.5 Å². The molecule has 0 aliphatic heterocycles. The first-order valence-electron chi connectivity index (χ1n) is 6.13. The quantitative estimate of drug-likeness (QED) is 0.751. The average molecular weight is 252 g/mol. The van der Waals surface area contributed by atoms with E-state index in [9.17, 15) is 9.18 Å². The molecule has 0 heterocycles. The van der Waals surface area contributed by atoms with Gasteiger partial charge in [0, 0.05) is 18.3 Å². The lowest BCUT2D eigenvalue weighted by molar-refractivity contribution is 0.234. The normalized spacial score (nSPS) is 16.1. The molecule has 1 saturated carbocycles. The highest BCUT2D eigenvalue weighted by atomic mass is 19.1. The number of aliphatic hydroxyl groups is 1. The van der Waals surface area contributed by atoms with Crippen LogP contribution in [0.4, 0.5) is 14.9 Å². The Morgan fingerprint density at radius 1 is 1.50 bits per heavy atom. The number of rotatable bonds is 5. The maximum absolute atomic E-state index is 12.9. The number of hydrogen-bond donors (Lipinski definition) is 3. The zero-order chi connectivity index (χ0) is 13.0. The summed E-state index contributed by atoms with van der Waals surface area (Å²) in [6, 6.07) is 5.40. The molecule has 5 heteroatoms. The van der Waals surface area contributed by atoms with Gasteiger partial charge in [-0.2, -0.15) is 0 Å². The first kappa shape index (κ1) is 12.8. The van der Waals surface area contributed by atoms with Crippen molar-refractivity contribution in [2.75, 3.05) is 11.9 Å². The third-order valence-electron chi connectivity index (χ3n) is 3.03. The van der Waals surface area contributed by atoms with Gasteiger partial charge in [0.15, 0.2) is 0 Å². The average Bonchev–Trinajstić information content (AvgIpc) is 3.12. The van der Waals surface area contributed by atoms with Crippen molar-refractivity contribution < 1.29 is 14.3 Å². The van der Waals surface area contributed by atoms with Crippen LogP contribution in [-0.4, -0.2) is 23.8 Å². The monoisotopic (exact) mass is 252 g/mol. The highest BCUT2D eigenvalue weighted by Gasteiger charge is 2.31. The van der Waals surface area contributed by atoms with Crippen LogP contribution in [0.15, 0.2) is 24.3 Å². The Labute approximate surface area is 105 Å². The van der Waals surface area contributed by atoms with Gasteiger partial charge < -0.3 is 15.7 Å². The minimum absolute atomic E-state index is 0.00330. The van der Waals surface area contributed by atoms with E-state index in [1.54, 1.807) is 6.07 Å². The largest absolute Gasteiger partial charge is 0.396 e. The summed E-state index contributed by atoms with van der Waals surface area (Å²) in [5.41, 5.74) is 0.422. The maximum Gasteiger partial charge on any atom is 0.319 e. The third kappa shape index (κ3) is 3.70. The zero-order valence-corrected chi connectivity index (χ0v) is 10.0. The number of halogens is 1. The van der Waals surface area contributed by atoms with Crippen molar-refractivity contribution in [3.63, 3.8) is 0 Å². The molecule has 0 saturated heterocycles. The molecule has 1 aliphatic rings. The van der Waals surface area contributed by atoms with Gasteiger partial charge >= 0.3 is 6.03 Å². The van der Waals surface area contributed by atoms with Crippen LogP contribution in [0.5, 0.6) is 0 Å². The number of benzene rings is 1. The molecule has 1 aromatic rings. The fourth-order valence-corrected chi connectivity index (χ4v) is 1.97. The van der Waals surface area contributed by atoms with Gasteiger partial charge in [-0.15, -0.1) is 0 Å². The highest BCUT2D eigenvalue weighted by Crippen LogP contribution is 2.33. The fourth-order valence-electron chi connectivity index (χ4n) is 1.97. The van der Waals surface area contributed by atoms with E-state index in [1.807, 2.05) is 0 Å².